The van der Waals surface area contributed by atoms with Gasteiger partial charge in [0.05, 0.1) is 29.8 Å². The molecule has 6 heteroatoms. The van der Waals surface area contributed by atoms with Gasteiger partial charge in [0.25, 0.3) is 5.56 Å². The molecule has 0 atom stereocenters. The number of rotatable bonds is 2. The number of aromatic nitrogens is 3. The van der Waals surface area contributed by atoms with Crippen molar-refractivity contribution in [2.24, 2.45) is 0 Å². The summed E-state index contributed by atoms with van der Waals surface area (Å²) in [6.07, 6.45) is 0. The Morgan fingerprint density at radius 1 is 1.00 bits per heavy atom. The first-order chi connectivity index (χ1) is 12.8. The summed E-state index contributed by atoms with van der Waals surface area (Å²) in [6.45, 7) is 3.25. The number of ether oxygens (including phenoxy) is 1. The van der Waals surface area contributed by atoms with Gasteiger partial charge in [0.1, 0.15) is 0 Å². The first-order valence-electron chi connectivity index (χ1n) is 8.73. The van der Waals surface area contributed by atoms with Crippen LogP contribution in [0.5, 0.6) is 0 Å². The highest BCUT2D eigenvalue weighted by atomic mass is 16.5. The molecule has 26 heavy (non-hydrogen) atoms. The number of nitrogens with one attached hydrogen (secondary N) is 1. The first kappa shape index (κ1) is 15.2. The molecule has 2 aromatic heterocycles. The number of para-hydroxylation sites is 1. The fraction of sp³-hybridized carbons (Fsp3) is 0.200. The molecule has 0 bridgehead atoms. The average Bonchev–Trinajstić information content (AvgIpc) is 3.11. The topological polar surface area (TPSA) is 63.1 Å². The van der Waals surface area contributed by atoms with Crippen LogP contribution in [0.4, 0.5) is 5.69 Å². The largest absolute Gasteiger partial charge is 0.378 e. The van der Waals surface area contributed by atoms with Gasteiger partial charge in [-0.05, 0) is 35.7 Å². The summed E-state index contributed by atoms with van der Waals surface area (Å²) in [6, 6.07) is 17.4. The highest BCUT2D eigenvalue weighted by Crippen LogP contribution is 2.23. The maximum atomic E-state index is 12.5. The van der Waals surface area contributed by atoms with E-state index >= 15 is 0 Å². The number of aromatic amines is 1. The molecular weight excluding hydrogens is 328 g/mol. The van der Waals surface area contributed by atoms with E-state index in [2.05, 4.69) is 22.0 Å². The predicted molar refractivity (Wildman–Crippen MR) is 102 cm³/mol. The van der Waals surface area contributed by atoms with Crippen molar-refractivity contribution in [2.45, 2.75) is 0 Å². The van der Waals surface area contributed by atoms with Crippen molar-refractivity contribution in [3.05, 3.63) is 65.0 Å². The van der Waals surface area contributed by atoms with E-state index in [4.69, 9.17) is 9.72 Å². The average molecular weight is 346 g/mol. The van der Waals surface area contributed by atoms with Crippen LogP contribution in [-0.4, -0.2) is 40.8 Å². The Morgan fingerprint density at radius 3 is 2.73 bits per heavy atom. The fourth-order valence-electron chi connectivity index (χ4n) is 3.51. The van der Waals surface area contributed by atoms with Gasteiger partial charge in [0.15, 0.2) is 0 Å². The van der Waals surface area contributed by atoms with Crippen LogP contribution in [0.1, 0.15) is 0 Å². The third-order valence-corrected chi connectivity index (χ3v) is 4.85. The molecule has 0 spiro atoms. The molecule has 1 saturated heterocycles. The zero-order valence-corrected chi connectivity index (χ0v) is 14.2. The number of fused-ring (bicyclic) bond motifs is 2. The number of benzene rings is 2. The summed E-state index contributed by atoms with van der Waals surface area (Å²) in [5, 5.41) is 1.00. The van der Waals surface area contributed by atoms with Gasteiger partial charge >= 0.3 is 0 Å². The Balaban J connectivity index is 1.64. The Hall–Kier alpha value is -3.12. The molecule has 0 aliphatic carbocycles. The number of imidazole rings is 1. The second kappa shape index (κ2) is 6.00. The zero-order chi connectivity index (χ0) is 17.5. The molecule has 130 valence electrons. The minimum atomic E-state index is -0.101. The van der Waals surface area contributed by atoms with Crippen molar-refractivity contribution in [1.82, 2.24) is 14.5 Å². The van der Waals surface area contributed by atoms with E-state index in [1.807, 2.05) is 36.4 Å². The van der Waals surface area contributed by atoms with Crippen LogP contribution in [0.25, 0.3) is 27.9 Å². The highest BCUT2D eigenvalue weighted by molar-refractivity contribution is 5.83. The van der Waals surface area contributed by atoms with Crippen LogP contribution >= 0.6 is 0 Å². The minimum absolute atomic E-state index is 0.101. The summed E-state index contributed by atoms with van der Waals surface area (Å²) in [7, 11) is 0. The first-order valence-corrected chi connectivity index (χ1v) is 8.73. The van der Waals surface area contributed by atoms with Crippen LogP contribution in [0.3, 0.4) is 0 Å². The zero-order valence-electron chi connectivity index (χ0n) is 14.2. The van der Waals surface area contributed by atoms with Crippen LogP contribution in [0.2, 0.25) is 0 Å². The van der Waals surface area contributed by atoms with Gasteiger partial charge in [0, 0.05) is 24.8 Å². The molecule has 6 nitrogen and oxygen atoms in total. The van der Waals surface area contributed by atoms with Crippen molar-refractivity contribution in [1.29, 1.82) is 0 Å². The molecule has 4 aromatic rings. The Kier molecular flexibility index (Phi) is 3.50. The van der Waals surface area contributed by atoms with Crippen molar-refractivity contribution >= 4 is 27.6 Å². The van der Waals surface area contributed by atoms with E-state index in [1.54, 1.807) is 10.6 Å². The molecule has 0 unspecified atom stereocenters. The fourth-order valence-corrected chi connectivity index (χ4v) is 3.51. The number of anilines is 1. The van der Waals surface area contributed by atoms with Gasteiger partial charge in [-0.25, -0.2) is 9.55 Å². The molecule has 3 heterocycles. The molecule has 5 rings (SSSR count). The number of hydrogen-bond acceptors (Lipinski definition) is 4. The van der Waals surface area contributed by atoms with Crippen LogP contribution in [0.15, 0.2) is 59.4 Å². The second-order valence-corrected chi connectivity index (χ2v) is 6.43. The van der Waals surface area contributed by atoms with Gasteiger partial charge in [-0.2, -0.15) is 0 Å². The van der Waals surface area contributed by atoms with Gasteiger partial charge in [0.2, 0.25) is 5.95 Å². The van der Waals surface area contributed by atoms with E-state index < -0.39 is 0 Å². The summed E-state index contributed by atoms with van der Waals surface area (Å²) in [4.78, 5) is 22.8. The smallest absolute Gasteiger partial charge is 0.257 e. The summed E-state index contributed by atoms with van der Waals surface area (Å²) >= 11 is 0. The number of H-pyrrole nitrogens is 1. The molecule has 1 fully saturated rings. The van der Waals surface area contributed by atoms with E-state index in [0.717, 1.165) is 53.9 Å². The lowest BCUT2D eigenvalue weighted by Gasteiger charge is -2.28. The van der Waals surface area contributed by atoms with Crippen molar-refractivity contribution in [3.8, 4) is 5.95 Å². The molecule has 0 amide bonds. The lowest BCUT2D eigenvalue weighted by atomic mass is 10.2. The van der Waals surface area contributed by atoms with Crippen LogP contribution < -0.4 is 10.5 Å². The van der Waals surface area contributed by atoms with Crippen molar-refractivity contribution < 1.29 is 4.74 Å². The van der Waals surface area contributed by atoms with Gasteiger partial charge in [-0.1, -0.05) is 18.2 Å². The van der Waals surface area contributed by atoms with Gasteiger partial charge < -0.3 is 14.6 Å². The molecular formula is C20H18N4O2. The lowest BCUT2D eigenvalue weighted by molar-refractivity contribution is 0.122. The van der Waals surface area contributed by atoms with Crippen molar-refractivity contribution in [2.75, 3.05) is 31.2 Å². The minimum Gasteiger partial charge on any atom is -0.378 e. The maximum Gasteiger partial charge on any atom is 0.257 e. The molecule has 2 aromatic carbocycles. The third-order valence-electron chi connectivity index (χ3n) is 4.85. The lowest BCUT2D eigenvalue weighted by Crippen LogP contribution is -2.36. The Morgan fingerprint density at radius 2 is 1.85 bits per heavy atom. The number of pyridine rings is 1. The van der Waals surface area contributed by atoms with Gasteiger partial charge in [-0.15, -0.1) is 0 Å². The molecule has 0 saturated carbocycles. The molecule has 1 N–H and O–H groups in total. The molecule has 0 radical (unpaired) electrons. The number of morpholine rings is 1. The summed E-state index contributed by atoms with van der Waals surface area (Å²) < 4.78 is 7.05. The predicted octanol–water partition coefficient (Wildman–Crippen LogP) is 2.70. The van der Waals surface area contributed by atoms with Crippen LogP contribution in [0, 0.1) is 0 Å². The van der Waals surface area contributed by atoms with Crippen molar-refractivity contribution in [3.63, 3.8) is 0 Å². The number of nitrogens with zero attached hydrogens (tertiary/aromatic N) is 3. The quantitative estimate of drug-likeness (QED) is 0.606. The summed E-state index contributed by atoms with van der Waals surface area (Å²) in [5.74, 6) is 0.543. The van der Waals surface area contributed by atoms with Crippen LogP contribution in [-0.2, 0) is 4.74 Å². The third kappa shape index (κ3) is 2.46. The molecule has 1 aliphatic heterocycles. The Bertz CT molecular complexity index is 1160. The normalized spacial score (nSPS) is 15.0. The van der Waals surface area contributed by atoms with E-state index in [-0.39, 0.29) is 5.56 Å². The van der Waals surface area contributed by atoms with E-state index in [0.29, 0.717) is 5.95 Å². The summed E-state index contributed by atoms with van der Waals surface area (Å²) in [5.41, 5.74) is 3.63. The standard InChI is InChI=1S/C20H18N4O2/c25-19-8-5-14-3-1-2-4-18(14)24(19)20-21-16-7-6-15(13-17(16)22-20)23-9-11-26-12-10-23/h1-8,13H,9-12H2,(H,21,22). The SMILES string of the molecule is O=c1ccc2ccccc2n1-c1nc2cc(N3CCOCC3)ccc2[nH]1. The highest BCUT2D eigenvalue weighted by Gasteiger charge is 2.14. The van der Waals surface area contributed by atoms with Gasteiger partial charge in [-0.3, -0.25) is 4.79 Å². The Labute approximate surface area is 149 Å². The van der Waals surface area contributed by atoms with E-state index in [9.17, 15) is 4.79 Å². The van der Waals surface area contributed by atoms with E-state index in [1.165, 1.54) is 0 Å². The number of hydrogen-bond donors (Lipinski definition) is 1. The second-order valence-electron chi connectivity index (χ2n) is 6.43. The molecule has 1 aliphatic rings. The monoisotopic (exact) mass is 346 g/mol. The maximum absolute atomic E-state index is 12.5.